The molecule has 1 amide bonds. The van der Waals surface area contributed by atoms with Gasteiger partial charge in [0.2, 0.25) is 5.91 Å². The molecule has 0 aliphatic carbocycles. The van der Waals surface area contributed by atoms with E-state index >= 15 is 0 Å². The topological polar surface area (TPSA) is 84.1 Å². The lowest BCUT2D eigenvalue weighted by molar-refractivity contribution is -0.119. The van der Waals surface area contributed by atoms with Crippen molar-refractivity contribution in [2.75, 3.05) is 30.8 Å². The number of hydrogen-bond acceptors (Lipinski definition) is 5. The summed E-state index contributed by atoms with van der Waals surface area (Å²) < 4.78 is 0. The number of likely N-dealkylation sites (N-methyl/N-ethyl adjacent to an activating group) is 2. The smallest absolute Gasteiger partial charge is 0.239 e. The summed E-state index contributed by atoms with van der Waals surface area (Å²) >= 11 is 0. The molecule has 0 saturated carbocycles. The Bertz CT molecular complexity index is 359. The van der Waals surface area contributed by atoms with E-state index in [1.165, 1.54) is 0 Å². The van der Waals surface area contributed by atoms with Crippen LogP contribution in [0.5, 0.6) is 0 Å². The van der Waals surface area contributed by atoms with Crippen LogP contribution in [0.1, 0.15) is 12.7 Å². The van der Waals surface area contributed by atoms with Gasteiger partial charge in [0.05, 0.1) is 6.54 Å². The molecule has 3 N–H and O–H groups in total. The van der Waals surface area contributed by atoms with E-state index in [2.05, 4.69) is 15.3 Å². The first-order valence-electron chi connectivity index (χ1n) is 5.13. The van der Waals surface area contributed by atoms with Gasteiger partial charge in [-0.05, 0) is 13.8 Å². The fourth-order valence-electron chi connectivity index (χ4n) is 1.34. The highest BCUT2D eigenvalue weighted by Crippen LogP contribution is 2.13. The molecule has 0 aliphatic rings. The average Bonchev–Trinajstić information content (AvgIpc) is 2.24. The number of rotatable bonds is 4. The highest BCUT2D eigenvalue weighted by atomic mass is 16.1. The molecule has 0 radical (unpaired) electrons. The van der Waals surface area contributed by atoms with Gasteiger partial charge in [0, 0.05) is 19.7 Å². The maximum atomic E-state index is 11.3. The molecule has 16 heavy (non-hydrogen) atoms. The van der Waals surface area contributed by atoms with E-state index in [-0.39, 0.29) is 12.5 Å². The number of nitrogens with zero attached hydrogens (tertiary/aromatic N) is 3. The zero-order chi connectivity index (χ0) is 12.1. The van der Waals surface area contributed by atoms with Crippen molar-refractivity contribution in [3.05, 3.63) is 11.9 Å². The Hall–Kier alpha value is -1.85. The molecule has 0 fully saturated rings. The van der Waals surface area contributed by atoms with E-state index in [0.29, 0.717) is 24.0 Å². The number of hydrogen-bond donors (Lipinski definition) is 2. The van der Waals surface area contributed by atoms with Crippen molar-refractivity contribution in [2.45, 2.75) is 13.8 Å². The quantitative estimate of drug-likeness (QED) is 0.747. The lowest BCUT2D eigenvalue weighted by Gasteiger charge is -2.21. The maximum Gasteiger partial charge on any atom is 0.239 e. The average molecular weight is 223 g/mol. The lowest BCUT2D eigenvalue weighted by Crippen LogP contribution is -2.36. The van der Waals surface area contributed by atoms with Crippen LogP contribution in [0.15, 0.2) is 6.07 Å². The molecule has 1 heterocycles. The number of nitrogens with two attached hydrogens (primary N) is 1. The van der Waals surface area contributed by atoms with Gasteiger partial charge in [0.1, 0.15) is 17.5 Å². The number of aryl methyl sites for hydroxylation is 1. The molecule has 0 unspecified atom stereocenters. The number of nitrogens with one attached hydrogen (secondary N) is 1. The lowest BCUT2D eigenvalue weighted by atomic mass is 10.4. The third-order valence-corrected chi connectivity index (χ3v) is 2.16. The van der Waals surface area contributed by atoms with Gasteiger partial charge in [-0.3, -0.25) is 4.79 Å². The minimum Gasteiger partial charge on any atom is -0.384 e. The Kier molecular flexibility index (Phi) is 4.04. The predicted octanol–water partition coefficient (Wildman–Crippen LogP) is -0.0605. The van der Waals surface area contributed by atoms with Gasteiger partial charge in [-0.1, -0.05) is 0 Å². The molecule has 1 rings (SSSR count). The Balaban J connectivity index is 2.90. The summed E-state index contributed by atoms with van der Waals surface area (Å²) in [6, 6.07) is 1.67. The second-order valence-corrected chi connectivity index (χ2v) is 3.39. The molecule has 6 nitrogen and oxygen atoms in total. The Morgan fingerprint density at radius 2 is 2.25 bits per heavy atom. The number of aromatic nitrogens is 2. The van der Waals surface area contributed by atoms with Crippen LogP contribution < -0.4 is 16.0 Å². The zero-order valence-corrected chi connectivity index (χ0v) is 9.82. The molecule has 0 aromatic carbocycles. The van der Waals surface area contributed by atoms with E-state index < -0.39 is 0 Å². The first kappa shape index (κ1) is 12.2. The SMILES string of the molecule is CCN(CC(=O)NC)c1cc(N)nc(C)n1. The molecular weight excluding hydrogens is 206 g/mol. The summed E-state index contributed by atoms with van der Waals surface area (Å²) in [7, 11) is 1.61. The highest BCUT2D eigenvalue weighted by Gasteiger charge is 2.11. The van der Waals surface area contributed by atoms with E-state index in [9.17, 15) is 4.79 Å². The summed E-state index contributed by atoms with van der Waals surface area (Å²) in [5.41, 5.74) is 5.64. The van der Waals surface area contributed by atoms with Crippen molar-refractivity contribution in [1.29, 1.82) is 0 Å². The predicted molar refractivity (Wildman–Crippen MR) is 63.1 cm³/mol. The Morgan fingerprint density at radius 1 is 1.56 bits per heavy atom. The molecule has 0 aliphatic heterocycles. The van der Waals surface area contributed by atoms with Gasteiger partial charge in [0.25, 0.3) is 0 Å². The van der Waals surface area contributed by atoms with Gasteiger partial charge in [0.15, 0.2) is 0 Å². The summed E-state index contributed by atoms with van der Waals surface area (Å²) in [6.45, 7) is 4.68. The zero-order valence-electron chi connectivity index (χ0n) is 9.82. The van der Waals surface area contributed by atoms with Crippen LogP contribution >= 0.6 is 0 Å². The first-order chi connectivity index (χ1) is 7.56. The molecule has 0 atom stereocenters. The first-order valence-corrected chi connectivity index (χ1v) is 5.13. The van der Waals surface area contributed by atoms with Gasteiger partial charge in [-0.25, -0.2) is 9.97 Å². The molecule has 0 bridgehead atoms. The number of carbonyl (C=O) groups excluding carboxylic acids is 1. The van der Waals surface area contributed by atoms with Gasteiger partial charge in [-0.2, -0.15) is 0 Å². The molecule has 6 heteroatoms. The largest absolute Gasteiger partial charge is 0.384 e. The van der Waals surface area contributed by atoms with Crippen molar-refractivity contribution in [2.24, 2.45) is 0 Å². The fraction of sp³-hybridized carbons (Fsp3) is 0.500. The second kappa shape index (κ2) is 5.29. The maximum absolute atomic E-state index is 11.3. The number of amides is 1. The molecule has 88 valence electrons. The van der Waals surface area contributed by atoms with Crippen LogP contribution in [0.3, 0.4) is 0 Å². The molecule has 1 aromatic heterocycles. The number of anilines is 2. The van der Waals surface area contributed by atoms with Crippen molar-refractivity contribution in [3.63, 3.8) is 0 Å². The summed E-state index contributed by atoms with van der Waals surface area (Å²) in [6.07, 6.45) is 0. The highest BCUT2D eigenvalue weighted by molar-refractivity contribution is 5.80. The van der Waals surface area contributed by atoms with Crippen LogP contribution in [-0.2, 0) is 4.79 Å². The van der Waals surface area contributed by atoms with Gasteiger partial charge >= 0.3 is 0 Å². The van der Waals surface area contributed by atoms with E-state index in [4.69, 9.17) is 5.73 Å². The third kappa shape index (κ3) is 3.08. The van der Waals surface area contributed by atoms with Crippen molar-refractivity contribution >= 4 is 17.5 Å². The summed E-state index contributed by atoms with van der Waals surface area (Å²) in [5.74, 6) is 1.64. The van der Waals surface area contributed by atoms with E-state index in [0.717, 1.165) is 0 Å². The van der Waals surface area contributed by atoms with Crippen LogP contribution in [0.2, 0.25) is 0 Å². The van der Waals surface area contributed by atoms with Crippen LogP contribution in [0.4, 0.5) is 11.6 Å². The molecule has 1 aromatic rings. The normalized spacial score (nSPS) is 9.94. The van der Waals surface area contributed by atoms with Gasteiger partial charge < -0.3 is 16.0 Å². The van der Waals surface area contributed by atoms with Crippen LogP contribution in [0.25, 0.3) is 0 Å². The summed E-state index contributed by atoms with van der Waals surface area (Å²) in [4.78, 5) is 21.4. The van der Waals surface area contributed by atoms with E-state index in [1.54, 1.807) is 20.0 Å². The minimum absolute atomic E-state index is 0.0586. The van der Waals surface area contributed by atoms with Gasteiger partial charge in [-0.15, -0.1) is 0 Å². The van der Waals surface area contributed by atoms with E-state index in [1.807, 2.05) is 11.8 Å². The fourth-order valence-corrected chi connectivity index (χ4v) is 1.34. The standard InChI is InChI=1S/C10H17N5O/c1-4-15(6-10(16)12-3)9-5-8(11)13-7(2)14-9/h5H,4,6H2,1-3H3,(H,12,16)(H2,11,13,14). The van der Waals surface area contributed by atoms with Crippen molar-refractivity contribution in [3.8, 4) is 0 Å². The monoisotopic (exact) mass is 223 g/mol. The van der Waals surface area contributed by atoms with Crippen molar-refractivity contribution < 1.29 is 4.79 Å². The van der Waals surface area contributed by atoms with Crippen LogP contribution in [0, 0.1) is 6.92 Å². The summed E-state index contributed by atoms with van der Waals surface area (Å²) in [5, 5.41) is 2.57. The van der Waals surface area contributed by atoms with Crippen LogP contribution in [-0.4, -0.2) is 36.0 Å². The number of carbonyl (C=O) groups is 1. The second-order valence-electron chi connectivity index (χ2n) is 3.39. The molecule has 0 spiro atoms. The third-order valence-electron chi connectivity index (χ3n) is 2.16. The Morgan fingerprint density at radius 3 is 2.75 bits per heavy atom. The molecular formula is C10H17N5O. The Labute approximate surface area is 94.9 Å². The molecule has 0 saturated heterocycles. The number of nitrogen functional groups attached to an aromatic ring is 1. The van der Waals surface area contributed by atoms with Crippen molar-refractivity contribution in [1.82, 2.24) is 15.3 Å². The minimum atomic E-state index is -0.0586.